The molecule has 222 valence electrons. The minimum atomic E-state index is -1.55. The molecule has 0 unspecified atom stereocenters. The second-order valence-corrected chi connectivity index (χ2v) is 10.2. The average Bonchev–Trinajstić information content (AvgIpc) is 2.89. The zero-order valence-electron chi connectivity index (χ0n) is 21.2. The van der Waals surface area contributed by atoms with Gasteiger partial charge in [0.1, 0.15) is 42.7 Å². The Morgan fingerprint density at radius 1 is 0.947 bits per heavy atom. The molecule has 0 radical (unpaired) electrons. The molecule has 3 aliphatic rings. The molecule has 16 nitrogen and oxygen atoms in total. The lowest BCUT2D eigenvalue weighted by Gasteiger charge is -2.48. The lowest BCUT2D eigenvalue weighted by Crippen LogP contribution is -2.69. The van der Waals surface area contributed by atoms with Crippen LogP contribution in [0, 0.1) is 0 Å². The van der Waals surface area contributed by atoms with E-state index < -0.39 is 92.0 Å². The van der Waals surface area contributed by atoms with Crippen LogP contribution in [0.1, 0.15) is 25.7 Å². The topological polar surface area (TPSA) is 297 Å². The van der Waals surface area contributed by atoms with Gasteiger partial charge in [0.15, 0.2) is 12.6 Å². The molecule has 2 heterocycles. The summed E-state index contributed by atoms with van der Waals surface area (Å²) in [5.74, 6) is -0.762. The summed E-state index contributed by atoms with van der Waals surface area (Å²) in [6, 6.07) is -3.54. The molecule has 16 heteroatoms. The Balaban J connectivity index is 1.82. The van der Waals surface area contributed by atoms with Crippen molar-refractivity contribution in [2.24, 2.45) is 28.7 Å². The van der Waals surface area contributed by atoms with E-state index in [9.17, 15) is 30.3 Å². The number of nitrogens with two attached hydrogens (primary N) is 5. The molecule has 1 amide bonds. The van der Waals surface area contributed by atoms with Crippen LogP contribution in [0.4, 0.5) is 0 Å². The summed E-state index contributed by atoms with van der Waals surface area (Å²) in [5.41, 5.74) is 29.6. The van der Waals surface area contributed by atoms with Crippen LogP contribution in [0.5, 0.6) is 0 Å². The van der Waals surface area contributed by atoms with E-state index in [0.29, 0.717) is 12.8 Å². The van der Waals surface area contributed by atoms with Crippen molar-refractivity contribution in [1.82, 2.24) is 5.32 Å². The number of ether oxygens (including phenoxy) is 4. The van der Waals surface area contributed by atoms with Gasteiger partial charge in [-0.1, -0.05) is 0 Å². The van der Waals surface area contributed by atoms with Gasteiger partial charge in [-0.3, -0.25) is 4.79 Å². The number of carbonyl (C=O) groups is 1. The number of aliphatic hydroxyl groups excluding tert-OH is 5. The highest BCUT2D eigenvalue weighted by Gasteiger charge is 2.51. The highest BCUT2D eigenvalue weighted by atomic mass is 16.7. The first kappa shape index (κ1) is 31.4. The van der Waals surface area contributed by atoms with Gasteiger partial charge in [0.25, 0.3) is 0 Å². The van der Waals surface area contributed by atoms with Gasteiger partial charge >= 0.3 is 0 Å². The Labute approximate surface area is 220 Å². The van der Waals surface area contributed by atoms with Crippen LogP contribution in [0.2, 0.25) is 0 Å². The standard InChI is InChI=1S/C22H44N6O10/c23-4-3-12(30)20(34)28-11-5-10(26)18(37-21-9(25)2-1-8(6-24)35-21)17(33)19(11)38-22-16(32)14(27)15(31)13(7-29)36-22/h8-19,21-22,29-33H,1-7,23-27H2,(H,28,34)/t8-,9+,10-,11+,12-,13+,14-,15+,16+,17-,18+,19-,21+,22-/m1/s1. The molecule has 3 rings (SSSR count). The van der Waals surface area contributed by atoms with Crippen molar-refractivity contribution in [2.45, 2.75) is 111 Å². The summed E-state index contributed by atoms with van der Waals surface area (Å²) in [6.07, 6.45) is -10.8. The maximum absolute atomic E-state index is 12.6. The molecular weight excluding hydrogens is 508 g/mol. The SMILES string of the molecule is NCC[C@@H](O)C(=O)N[C@H]1C[C@@H](N)[C@H](O[C@@H]2O[C@@H](CN)CC[C@@H]2N)[C@@H](O)[C@@H]1O[C@H]1O[C@@H](CO)[C@H](O)[C@@H](N)[C@@H]1O. The van der Waals surface area contributed by atoms with E-state index in [2.05, 4.69) is 5.32 Å². The summed E-state index contributed by atoms with van der Waals surface area (Å²) in [7, 11) is 0. The first-order valence-corrected chi connectivity index (χ1v) is 12.9. The molecule has 3 fully saturated rings. The number of hydrogen-bond donors (Lipinski definition) is 11. The van der Waals surface area contributed by atoms with Gasteiger partial charge < -0.3 is 78.5 Å². The smallest absolute Gasteiger partial charge is 0.249 e. The van der Waals surface area contributed by atoms with Gasteiger partial charge in [-0.15, -0.1) is 0 Å². The van der Waals surface area contributed by atoms with E-state index in [1.54, 1.807) is 0 Å². The van der Waals surface area contributed by atoms with Crippen molar-refractivity contribution < 1.29 is 49.3 Å². The van der Waals surface area contributed by atoms with Crippen LogP contribution in [0.15, 0.2) is 0 Å². The molecule has 38 heavy (non-hydrogen) atoms. The van der Waals surface area contributed by atoms with Crippen molar-refractivity contribution in [2.75, 3.05) is 19.7 Å². The lowest BCUT2D eigenvalue weighted by atomic mass is 9.83. The molecular formula is C22H44N6O10. The Hall–Kier alpha value is -1.09. The van der Waals surface area contributed by atoms with Crippen molar-refractivity contribution >= 4 is 5.91 Å². The molecule has 0 aromatic heterocycles. The third-order valence-electron chi connectivity index (χ3n) is 7.37. The lowest BCUT2D eigenvalue weighted by molar-refractivity contribution is -0.314. The van der Waals surface area contributed by atoms with Crippen LogP contribution in [0.25, 0.3) is 0 Å². The fourth-order valence-electron chi connectivity index (χ4n) is 5.02. The van der Waals surface area contributed by atoms with Crippen molar-refractivity contribution in [3.05, 3.63) is 0 Å². The number of carbonyl (C=O) groups excluding carboxylic acids is 1. The van der Waals surface area contributed by atoms with Crippen LogP contribution < -0.4 is 34.0 Å². The third kappa shape index (κ3) is 7.15. The number of hydrogen-bond acceptors (Lipinski definition) is 15. The van der Waals surface area contributed by atoms with E-state index in [1.807, 2.05) is 0 Å². The van der Waals surface area contributed by atoms with E-state index in [4.69, 9.17) is 47.6 Å². The monoisotopic (exact) mass is 552 g/mol. The molecule has 2 saturated heterocycles. The molecule has 2 aliphatic heterocycles. The largest absolute Gasteiger partial charge is 0.394 e. The summed E-state index contributed by atoms with van der Waals surface area (Å²) in [4.78, 5) is 12.6. The van der Waals surface area contributed by atoms with Gasteiger partial charge in [-0.2, -0.15) is 0 Å². The molecule has 0 aromatic rings. The predicted molar refractivity (Wildman–Crippen MR) is 131 cm³/mol. The van der Waals surface area contributed by atoms with Gasteiger partial charge in [-0.25, -0.2) is 0 Å². The highest BCUT2D eigenvalue weighted by molar-refractivity contribution is 5.80. The van der Waals surface area contributed by atoms with E-state index in [1.165, 1.54) is 0 Å². The normalized spacial score (nSPS) is 44.9. The predicted octanol–water partition coefficient (Wildman–Crippen LogP) is -6.40. The maximum atomic E-state index is 12.6. The quantitative estimate of drug-likeness (QED) is 0.120. The van der Waals surface area contributed by atoms with E-state index in [-0.39, 0.29) is 32.0 Å². The zero-order chi connectivity index (χ0) is 28.1. The Kier molecular flexibility index (Phi) is 11.6. The molecule has 14 atom stereocenters. The van der Waals surface area contributed by atoms with Gasteiger partial charge in [0.2, 0.25) is 5.91 Å². The number of rotatable bonds is 10. The second kappa shape index (κ2) is 14.0. The molecule has 0 spiro atoms. The molecule has 0 bridgehead atoms. The number of amides is 1. The van der Waals surface area contributed by atoms with Crippen LogP contribution in [-0.2, 0) is 23.7 Å². The average molecular weight is 553 g/mol. The minimum absolute atomic E-state index is 0.000983. The van der Waals surface area contributed by atoms with Crippen LogP contribution in [-0.4, -0.2) is 137 Å². The van der Waals surface area contributed by atoms with Crippen molar-refractivity contribution in [3.63, 3.8) is 0 Å². The highest BCUT2D eigenvalue weighted by Crippen LogP contribution is 2.31. The molecule has 16 N–H and O–H groups in total. The van der Waals surface area contributed by atoms with Crippen LogP contribution >= 0.6 is 0 Å². The number of nitrogens with one attached hydrogen (secondary N) is 1. The summed E-state index contributed by atoms with van der Waals surface area (Å²) < 4.78 is 23.3. The van der Waals surface area contributed by atoms with Gasteiger partial charge in [-0.05, 0) is 32.2 Å². The Morgan fingerprint density at radius 3 is 2.26 bits per heavy atom. The van der Waals surface area contributed by atoms with E-state index in [0.717, 1.165) is 0 Å². The molecule has 0 aromatic carbocycles. The fraction of sp³-hybridized carbons (Fsp3) is 0.955. The summed E-state index contributed by atoms with van der Waals surface area (Å²) in [6.45, 7) is -0.296. The zero-order valence-corrected chi connectivity index (χ0v) is 21.2. The first-order chi connectivity index (χ1) is 18.0. The first-order valence-electron chi connectivity index (χ1n) is 12.9. The van der Waals surface area contributed by atoms with E-state index >= 15 is 0 Å². The van der Waals surface area contributed by atoms with Crippen molar-refractivity contribution in [1.29, 1.82) is 0 Å². The van der Waals surface area contributed by atoms with Crippen LogP contribution in [0.3, 0.4) is 0 Å². The molecule has 1 aliphatic carbocycles. The second-order valence-electron chi connectivity index (χ2n) is 10.2. The maximum Gasteiger partial charge on any atom is 0.249 e. The van der Waals surface area contributed by atoms with Crippen molar-refractivity contribution in [3.8, 4) is 0 Å². The minimum Gasteiger partial charge on any atom is -0.394 e. The fourth-order valence-corrected chi connectivity index (χ4v) is 5.02. The van der Waals surface area contributed by atoms with Gasteiger partial charge in [0.05, 0.1) is 30.8 Å². The Morgan fingerprint density at radius 2 is 1.63 bits per heavy atom. The summed E-state index contributed by atoms with van der Waals surface area (Å²) >= 11 is 0. The third-order valence-corrected chi connectivity index (χ3v) is 7.37. The summed E-state index contributed by atoms with van der Waals surface area (Å²) in [5, 5.41) is 54.4. The number of aliphatic hydroxyl groups is 5. The Bertz CT molecular complexity index is 755. The van der Waals surface area contributed by atoms with Gasteiger partial charge in [0, 0.05) is 12.6 Å². The molecule has 1 saturated carbocycles.